The van der Waals surface area contributed by atoms with Crippen molar-refractivity contribution in [1.29, 1.82) is 0 Å². The number of ether oxygens (including phenoxy) is 2. The number of para-hydroxylation sites is 2. The molecule has 0 bridgehead atoms. The van der Waals surface area contributed by atoms with Crippen LogP contribution in [0, 0.1) is 0 Å². The fourth-order valence-corrected chi connectivity index (χ4v) is 2.42. The molecule has 0 fully saturated rings. The molecule has 0 aliphatic rings. The van der Waals surface area contributed by atoms with Gasteiger partial charge < -0.3 is 20.1 Å². The second kappa shape index (κ2) is 8.84. The minimum absolute atomic E-state index is 0.0736. The molecule has 3 rings (SSSR count). The van der Waals surface area contributed by atoms with E-state index in [1.165, 1.54) is 0 Å². The van der Waals surface area contributed by atoms with Crippen LogP contribution in [0.1, 0.15) is 19.4 Å². The van der Waals surface area contributed by atoms with Gasteiger partial charge in [0.05, 0.1) is 25.1 Å². The van der Waals surface area contributed by atoms with Crippen LogP contribution in [0.25, 0.3) is 0 Å². The maximum absolute atomic E-state index is 5.81. The normalized spacial score (nSPS) is 10.5. The van der Waals surface area contributed by atoms with Gasteiger partial charge in [-0.05, 0) is 43.7 Å². The van der Waals surface area contributed by atoms with Gasteiger partial charge in [-0.15, -0.1) is 5.10 Å². The average molecular weight is 365 g/mol. The largest absolute Gasteiger partial charge is 0.497 e. The lowest BCUT2D eigenvalue weighted by Gasteiger charge is -2.14. The summed E-state index contributed by atoms with van der Waals surface area (Å²) in [5, 5.41) is 14.5. The molecule has 0 aliphatic heterocycles. The van der Waals surface area contributed by atoms with Crippen LogP contribution < -0.4 is 20.1 Å². The molecule has 1 aromatic heterocycles. The number of rotatable bonds is 8. The molecular formula is C20H23N5O2. The maximum atomic E-state index is 5.81. The SMILES string of the molecule is COc1ccc(CNc2cnnc(Nc3ccccc3OC(C)C)n2)cc1. The molecule has 0 radical (unpaired) electrons. The van der Waals surface area contributed by atoms with Gasteiger partial charge in [0.25, 0.3) is 0 Å². The van der Waals surface area contributed by atoms with Gasteiger partial charge in [0, 0.05) is 6.54 Å². The number of nitrogens with one attached hydrogen (secondary N) is 2. The molecule has 0 aliphatic carbocycles. The van der Waals surface area contributed by atoms with E-state index >= 15 is 0 Å². The standard InChI is InChI=1S/C20H23N5O2/c1-14(2)27-18-7-5-4-6-17(18)23-20-24-19(13-22-25-20)21-12-15-8-10-16(26-3)11-9-15/h4-11,13-14H,12H2,1-3H3,(H2,21,23,24,25). The Morgan fingerprint density at radius 3 is 2.56 bits per heavy atom. The van der Waals surface area contributed by atoms with E-state index in [9.17, 15) is 0 Å². The molecule has 27 heavy (non-hydrogen) atoms. The topological polar surface area (TPSA) is 81.2 Å². The van der Waals surface area contributed by atoms with Crippen molar-refractivity contribution < 1.29 is 9.47 Å². The van der Waals surface area contributed by atoms with Gasteiger partial charge in [-0.2, -0.15) is 10.1 Å². The van der Waals surface area contributed by atoms with Crippen LogP contribution in [-0.4, -0.2) is 28.4 Å². The highest BCUT2D eigenvalue weighted by Gasteiger charge is 2.08. The Morgan fingerprint density at radius 1 is 1.04 bits per heavy atom. The van der Waals surface area contributed by atoms with Gasteiger partial charge >= 0.3 is 0 Å². The summed E-state index contributed by atoms with van der Waals surface area (Å²) in [6.07, 6.45) is 1.66. The monoisotopic (exact) mass is 365 g/mol. The van der Waals surface area contributed by atoms with Crippen molar-refractivity contribution in [3.05, 3.63) is 60.3 Å². The van der Waals surface area contributed by atoms with E-state index in [0.29, 0.717) is 18.3 Å². The summed E-state index contributed by atoms with van der Waals surface area (Å²) in [7, 11) is 1.65. The number of anilines is 3. The zero-order valence-corrected chi connectivity index (χ0v) is 15.6. The quantitative estimate of drug-likeness (QED) is 0.624. The van der Waals surface area contributed by atoms with Gasteiger partial charge in [-0.3, -0.25) is 0 Å². The zero-order chi connectivity index (χ0) is 19.1. The van der Waals surface area contributed by atoms with Crippen molar-refractivity contribution in [3.8, 4) is 11.5 Å². The lowest BCUT2D eigenvalue weighted by Crippen LogP contribution is -2.09. The molecule has 2 aromatic carbocycles. The molecule has 7 heteroatoms. The van der Waals surface area contributed by atoms with E-state index in [2.05, 4.69) is 25.8 Å². The lowest BCUT2D eigenvalue weighted by molar-refractivity contribution is 0.244. The molecule has 1 heterocycles. The van der Waals surface area contributed by atoms with Crippen molar-refractivity contribution in [2.45, 2.75) is 26.5 Å². The predicted octanol–water partition coefficient (Wildman–Crippen LogP) is 4.02. The summed E-state index contributed by atoms with van der Waals surface area (Å²) < 4.78 is 11.0. The van der Waals surface area contributed by atoms with Gasteiger partial charge in [0.1, 0.15) is 11.5 Å². The highest BCUT2D eigenvalue weighted by molar-refractivity contribution is 5.62. The van der Waals surface area contributed by atoms with Crippen LogP contribution >= 0.6 is 0 Å². The smallest absolute Gasteiger partial charge is 0.249 e. The molecule has 2 N–H and O–H groups in total. The molecule has 0 amide bonds. The summed E-state index contributed by atoms with van der Waals surface area (Å²) in [5.74, 6) is 2.60. The van der Waals surface area contributed by atoms with E-state index in [-0.39, 0.29) is 6.10 Å². The summed E-state index contributed by atoms with van der Waals surface area (Å²) in [5.41, 5.74) is 1.90. The molecule has 0 saturated heterocycles. The van der Waals surface area contributed by atoms with Crippen LogP contribution in [0.4, 0.5) is 17.5 Å². The Hall–Kier alpha value is -3.35. The molecule has 0 atom stereocenters. The number of hydrogen-bond acceptors (Lipinski definition) is 7. The Kier molecular flexibility index (Phi) is 6.04. The third kappa shape index (κ3) is 5.31. The van der Waals surface area contributed by atoms with Crippen LogP contribution in [0.5, 0.6) is 11.5 Å². The van der Waals surface area contributed by atoms with E-state index in [0.717, 1.165) is 22.7 Å². The zero-order valence-electron chi connectivity index (χ0n) is 15.6. The maximum Gasteiger partial charge on any atom is 0.249 e. The molecular weight excluding hydrogens is 342 g/mol. The molecule has 0 unspecified atom stereocenters. The van der Waals surface area contributed by atoms with Crippen molar-refractivity contribution in [2.75, 3.05) is 17.7 Å². The fourth-order valence-electron chi connectivity index (χ4n) is 2.42. The molecule has 140 valence electrons. The second-order valence-electron chi connectivity index (χ2n) is 6.15. The first-order chi connectivity index (χ1) is 13.1. The molecule has 0 spiro atoms. The first-order valence-corrected chi connectivity index (χ1v) is 8.73. The van der Waals surface area contributed by atoms with Gasteiger partial charge in [0.15, 0.2) is 5.82 Å². The van der Waals surface area contributed by atoms with E-state index < -0.39 is 0 Å². The minimum atomic E-state index is 0.0736. The third-order valence-electron chi connectivity index (χ3n) is 3.69. The molecule has 7 nitrogen and oxygen atoms in total. The van der Waals surface area contributed by atoms with Gasteiger partial charge in [0.2, 0.25) is 5.95 Å². The highest BCUT2D eigenvalue weighted by atomic mass is 16.5. The van der Waals surface area contributed by atoms with Crippen molar-refractivity contribution >= 4 is 17.5 Å². The third-order valence-corrected chi connectivity index (χ3v) is 3.69. The van der Waals surface area contributed by atoms with Crippen LogP contribution in [-0.2, 0) is 6.54 Å². The summed E-state index contributed by atoms with van der Waals surface area (Å²) in [4.78, 5) is 4.46. The van der Waals surface area contributed by atoms with Crippen molar-refractivity contribution in [2.24, 2.45) is 0 Å². The average Bonchev–Trinajstić information content (AvgIpc) is 2.68. The highest BCUT2D eigenvalue weighted by Crippen LogP contribution is 2.27. The van der Waals surface area contributed by atoms with E-state index in [1.807, 2.05) is 62.4 Å². The summed E-state index contributed by atoms with van der Waals surface area (Å²) in [6, 6.07) is 15.5. The van der Waals surface area contributed by atoms with Crippen LogP contribution in [0.3, 0.4) is 0 Å². The number of benzene rings is 2. The molecule has 3 aromatic rings. The molecule has 0 saturated carbocycles. The van der Waals surface area contributed by atoms with Crippen LogP contribution in [0.2, 0.25) is 0 Å². The predicted molar refractivity (Wildman–Crippen MR) is 106 cm³/mol. The van der Waals surface area contributed by atoms with E-state index in [1.54, 1.807) is 13.3 Å². The number of aromatic nitrogens is 3. The Labute approximate surface area is 158 Å². The minimum Gasteiger partial charge on any atom is -0.497 e. The first-order valence-electron chi connectivity index (χ1n) is 8.73. The van der Waals surface area contributed by atoms with Gasteiger partial charge in [-0.1, -0.05) is 24.3 Å². The number of methoxy groups -OCH3 is 1. The summed E-state index contributed by atoms with van der Waals surface area (Å²) >= 11 is 0. The van der Waals surface area contributed by atoms with Crippen molar-refractivity contribution in [3.63, 3.8) is 0 Å². The fraction of sp³-hybridized carbons (Fsp3) is 0.250. The Bertz CT molecular complexity index is 868. The van der Waals surface area contributed by atoms with Crippen molar-refractivity contribution in [1.82, 2.24) is 15.2 Å². The van der Waals surface area contributed by atoms with E-state index in [4.69, 9.17) is 9.47 Å². The Balaban J connectivity index is 1.67. The van der Waals surface area contributed by atoms with Crippen LogP contribution in [0.15, 0.2) is 54.7 Å². The Morgan fingerprint density at radius 2 is 1.81 bits per heavy atom. The second-order valence-corrected chi connectivity index (χ2v) is 6.15. The number of nitrogens with zero attached hydrogens (tertiary/aromatic N) is 3. The first kappa shape index (κ1) is 18.4. The number of hydrogen-bond donors (Lipinski definition) is 2. The van der Waals surface area contributed by atoms with Gasteiger partial charge in [-0.25, -0.2) is 0 Å². The summed E-state index contributed by atoms with van der Waals surface area (Å²) in [6.45, 7) is 4.59. The lowest BCUT2D eigenvalue weighted by atomic mass is 10.2.